The Bertz CT molecular complexity index is 657. The Balaban J connectivity index is 1.79. The molecule has 1 atom stereocenters. The SMILES string of the molecule is NCc1cc(C(=O)NC2CCOc3ccccc32)ccn1. The third kappa shape index (κ3) is 2.87. The molecule has 0 saturated heterocycles. The molecule has 1 aliphatic rings. The molecule has 0 bridgehead atoms. The highest BCUT2D eigenvalue weighted by atomic mass is 16.5. The predicted octanol–water partition coefficient (Wildman–Crippen LogP) is 1.79. The Kier molecular flexibility index (Phi) is 3.83. The van der Waals surface area contributed by atoms with Gasteiger partial charge in [-0.25, -0.2) is 0 Å². The minimum Gasteiger partial charge on any atom is -0.493 e. The van der Waals surface area contributed by atoms with Crippen LogP contribution in [0.25, 0.3) is 0 Å². The van der Waals surface area contributed by atoms with Gasteiger partial charge in [0.05, 0.1) is 18.3 Å². The lowest BCUT2D eigenvalue weighted by Gasteiger charge is -2.26. The van der Waals surface area contributed by atoms with Gasteiger partial charge in [-0.05, 0) is 18.2 Å². The number of pyridine rings is 1. The average Bonchev–Trinajstić information content (AvgIpc) is 2.55. The van der Waals surface area contributed by atoms with E-state index in [2.05, 4.69) is 10.3 Å². The number of benzene rings is 1. The van der Waals surface area contributed by atoms with Crippen molar-refractivity contribution in [1.29, 1.82) is 0 Å². The van der Waals surface area contributed by atoms with E-state index in [-0.39, 0.29) is 11.9 Å². The summed E-state index contributed by atoms with van der Waals surface area (Å²) in [5, 5.41) is 3.06. The molecule has 1 unspecified atom stereocenters. The van der Waals surface area contributed by atoms with E-state index in [0.29, 0.717) is 24.4 Å². The summed E-state index contributed by atoms with van der Waals surface area (Å²) in [6, 6.07) is 11.2. The quantitative estimate of drug-likeness (QED) is 0.900. The van der Waals surface area contributed by atoms with Crippen molar-refractivity contribution in [1.82, 2.24) is 10.3 Å². The normalized spacial score (nSPS) is 16.7. The highest BCUT2D eigenvalue weighted by Crippen LogP contribution is 2.31. The maximum atomic E-state index is 12.4. The van der Waals surface area contributed by atoms with Gasteiger partial charge in [0, 0.05) is 30.3 Å². The second kappa shape index (κ2) is 5.93. The van der Waals surface area contributed by atoms with Gasteiger partial charge >= 0.3 is 0 Å². The summed E-state index contributed by atoms with van der Waals surface area (Å²) in [4.78, 5) is 16.5. The van der Waals surface area contributed by atoms with Crippen LogP contribution in [0.4, 0.5) is 0 Å². The lowest BCUT2D eigenvalue weighted by molar-refractivity contribution is 0.0924. The second-order valence-electron chi connectivity index (χ2n) is 4.94. The summed E-state index contributed by atoms with van der Waals surface area (Å²) in [6.45, 7) is 0.924. The fourth-order valence-corrected chi connectivity index (χ4v) is 2.46. The molecule has 108 valence electrons. The van der Waals surface area contributed by atoms with E-state index in [4.69, 9.17) is 10.5 Å². The number of para-hydroxylation sites is 1. The fraction of sp³-hybridized carbons (Fsp3) is 0.250. The Morgan fingerprint density at radius 1 is 1.38 bits per heavy atom. The smallest absolute Gasteiger partial charge is 0.251 e. The topological polar surface area (TPSA) is 77.2 Å². The second-order valence-corrected chi connectivity index (χ2v) is 4.94. The third-order valence-electron chi connectivity index (χ3n) is 3.55. The lowest BCUT2D eigenvalue weighted by Crippen LogP contribution is -2.32. The molecule has 1 aliphatic heterocycles. The molecule has 0 aliphatic carbocycles. The maximum Gasteiger partial charge on any atom is 0.251 e. The molecule has 0 saturated carbocycles. The van der Waals surface area contributed by atoms with Crippen LogP contribution in [0.1, 0.15) is 34.1 Å². The first-order valence-electron chi connectivity index (χ1n) is 6.95. The Morgan fingerprint density at radius 2 is 2.24 bits per heavy atom. The summed E-state index contributed by atoms with van der Waals surface area (Å²) < 4.78 is 5.60. The number of ether oxygens (including phenoxy) is 1. The largest absolute Gasteiger partial charge is 0.493 e. The molecule has 5 heteroatoms. The molecule has 0 fully saturated rings. The van der Waals surface area contributed by atoms with Crippen LogP contribution in [0.3, 0.4) is 0 Å². The monoisotopic (exact) mass is 283 g/mol. The molecule has 3 rings (SSSR count). The summed E-state index contributed by atoms with van der Waals surface area (Å²) >= 11 is 0. The van der Waals surface area contributed by atoms with Crippen LogP contribution in [0.5, 0.6) is 5.75 Å². The molecule has 1 amide bonds. The van der Waals surface area contributed by atoms with Crippen LogP contribution in [-0.2, 0) is 6.54 Å². The first-order chi connectivity index (χ1) is 10.3. The van der Waals surface area contributed by atoms with Crippen LogP contribution in [0, 0.1) is 0 Å². The minimum absolute atomic E-state index is 0.0306. The zero-order chi connectivity index (χ0) is 14.7. The van der Waals surface area contributed by atoms with Gasteiger partial charge in [0.15, 0.2) is 0 Å². The van der Waals surface area contributed by atoms with Crippen LogP contribution in [-0.4, -0.2) is 17.5 Å². The van der Waals surface area contributed by atoms with Crippen LogP contribution in [0.2, 0.25) is 0 Å². The number of nitrogens with zero attached hydrogens (tertiary/aromatic N) is 1. The van der Waals surface area contributed by atoms with Crippen LogP contribution < -0.4 is 15.8 Å². The number of amides is 1. The third-order valence-corrected chi connectivity index (χ3v) is 3.55. The molecule has 1 aromatic heterocycles. The van der Waals surface area contributed by atoms with Gasteiger partial charge in [0.1, 0.15) is 5.75 Å². The van der Waals surface area contributed by atoms with Crippen molar-refractivity contribution >= 4 is 5.91 Å². The number of hydrogen-bond acceptors (Lipinski definition) is 4. The van der Waals surface area contributed by atoms with Crippen LogP contribution in [0.15, 0.2) is 42.6 Å². The van der Waals surface area contributed by atoms with E-state index in [1.165, 1.54) is 0 Å². The van der Waals surface area contributed by atoms with Gasteiger partial charge in [-0.2, -0.15) is 0 Å². The van der Waals surface area contributed by atoms with Gasteiger partial charge in [0.2, 0.25) is 0 Å². The van der Waals surface area contributed by atoms with Crippen molar-refractivity contribution in [3.63, 3.8) is 0 Å². The molecule has 2 heterocycles. The van der Waals surface area contributed by atoms with E-state index in [1.807, 2.05) is 24.3 Å². The predicted molar refractivity (Wildman–Crippen MR) is 78.9 cm³/mol. The molecule has 1 aromatic carbocycles. The number of aromatic nitrogens is 1. The van der Waals surface area contributed by atoms with E-state index in [0.717, 1.165) is 17.7 Å². The standard InChI is InChI=1S/C16H17N3O2/c17-10-12-9-11(5-7-18-12)16(20)19-14-6-8-21-15-4-2-1-3-13(14)15/h1-5,7,9,14H,6,8,10,17H2,(H,19,20). The first-order valence-corrected chi connectivity index (χ1v) is 6.95. The highest BCUT2D eigenvalue weighted by Gasteiger charge is 2.23. The summed E-state index contributed by atoms with van der Waals surface area (Å²) in [5.74, 6) is 0.722. The van der Waals surface area contributed by atoms with Gasteiger partial charge in [-0.15, -0.1) is 0 Å². The van der Waals surface area contributed by atoms with E-state index in [1.54, 1.807) is 18.3 Å². The summed E-state index contributed by atoms with van der Waals surface area (Å²) in [5.41, 5.74) is 7.86. The minimum atomic E-state index is -0.117. The van der Waals surface area contributed by atoms with Gasteiger partial charge in [-0.3, -0.25) is 9.78 Å². The number of carbonyl (C=O) groups is 1. The molecule has 3 N–H and O–H groups in total. The number of nitrogens with one attached hydrogen (secondary N) is 1. The zero-order valence-electron chi connectivity index (χ0n) is 11.6. The number of rotatable bonds is 3. The molecular weight excluding hydrogens is 266 g/mol. The number of carbonyl (C=O) groups excluding carboxylic acids is 1. The van der Waals surface area contributed by atoms with Crippen molar-refractivity contribution in [2.45, 2.75) is 19.0 Å². The van der Waals surface area contributed by atoms with Crippen molar-refractivity contribution in [3.8, 4) is 5.75 Å². The number of fused-ring (bicyclic) bond motifs is 1. The number of hydrogen-bond donors (Lipinski definition) is 2. The van der Waals surface area contributed by atoms with E-state index >= 15 is 0 Å². The Labute approximate surface area is 123 Å². The van der Waals surface area contributed by atoms with Crippen molar-refractivity contribution < 1.29 is 9.53 Å². The summed E-state index contributed by atoms with van der Waals surface area (Å²) in [7, 11) is 0. The Hall–Kier alpha value is -2.40. The van der Waals surface area contributed by atoms with Crippen molar-refractivity contribution in [2.24, 2.45) is 5.73 Å². The molecule has 0 radical (unpaired) electrons. The van der Waals surface area contributed by atoms with Crippen molar-refractivity contribution in [2.75, 3.05) is 6.61 Å². The molecule has 21 heavy (non-hydrogen) atoms. The van der Waals surface area contributed by atoms with Crippen LogP contribution >= 0.6 is 0 Å². The highest BCUT2D eigenvalue weighted by molar-refractivity contribution is 5.94. The van der Waals surface area contributed by atoms with E-state index in [9.17, 15) is 4.79 Å². The van der Waals surface area contributed by atoms with Gasteiger partial charge in [-0.1, -0.05) is 18.2 Å². The summed E-state index contributed by atoms with van der Waals surface area (Å²) in [6.07, 6.45) is 2.37. The van der Waals surface area contributed by atoms with E-state index < -0.39 is 0 Å². The first kappa shape index (κ1) is 13.6. The molecule has 2 aromatic rings. The molecule has 5 nitrogen and oxygen atoms in total. The fourth-order valence-electron chi connectivity index (χ4n) is 2.46. The molecule has 0 spiro atoms. The number of nitrogens with two attached hydrogens (primary N) is 1. The zero-order valence-corrected chi connectivity index (χ0v) is 11.6. The van der Waals surface area contributed by atoms with Crippen molar-refractivity contribution in [3.05, 3.63) is 59.4 Å². The van der Waals surface area contributed by atoms with Gasteiger partial charge in [0.25, 0.3) is 5.91 Å². The molecular formula is C16H17N3O2. The maximum absolute atomic E-state index is 12.4. The lowest BCUT2D eigenvalue weighted by atomic mass is 10.00. The Morgan fingerprint density at radius 3 is 3.10 bits per heavy atom. The van der Waals surface area contributed by atoms with Gasteiger partial charge < -0.3 is 15.8 Å². The average molecular weight is 283 g/mol.